The number of hydrogen-bond acceptors (Lipinski definition) is 6. The summed E-state index contributed by atoms with van der Waals surface area (Å²) < 4.78 is 30.4. The lowest BCUT2D eigenvalue weighted by Gasteiger charge is -2.25. The lowest BCUT2D eigenvalue weighted by Crippen LogP contribution is -2.41. The monoisotopic (exact) mass is 438 g/mol. The third kappa shape index (κ3) is 3.69. The Kier molecular flexibility index (Phi) is 5.30. The molecule has 0 spiro atoms. The minimum atomic E-state index is -4.50. The molecular weight excluding hydrogens is 420 g/mol. The molecule has 1 N–H and O–H groups in total. The number of rotatable bonds is 6. The Morgan fingerprint density at radius 1 is 0.935 bits per heavy atom. The highest BCUT2D eigenvalue weighted by Crippen LogP contribution is 2.31. The van der Waals surface area contributed by atoms with Gasteiger partial charge in [-0.05, 0) is 48.2 Å². The number of nitrogens with zero attached hydrogens (tertiary/aromatic N) is 1. The largest absolute Gasteiger partial charge is 0.352 e. The Hall–Kier alpha value is -3.56. The van der Waals surface area contributed by atoms with Gasteiger partial charge in [0, 0.05) is 17.5 Å². The van der Waals surface area contributed by atoms with E-state index in [4.69, 9.17) is 4.28 Å². The third-order valence-electron chi connectivity index (χ3n) is 4.85. The van der Waals surface area contributed by atoms with Crippen molar-refractivity contribution in [2.75, 3.05) is 6.54 Å². The van der Waals surface area contributed by atoms with Gasteiger partial charge in [0.2, 0.25) is 0 Å². The normalized spacial score (nSPS) is 13.5. The van der Waals surface area contributed by atoms with E-state index in [0.717, 1.165) is 6.42 Å². The molecule has 4 rings (SSSR count). The zero-order valence-electron chi connectivity index (χ0n) is 16.5. The summed E-state index contributed by atoms with van der Waals surface area (Å²) in [5, 5.41) is 4.09. The van der Waals surface area contributed by atoms with E-state index in [1.807, 2.05) is 6.92 Å². The van der Waals surface area contributed by atoms with Gasteiger partial charge in [0.05, 0.1) is 16.0 Å². The summed E-state index contributed by atoms with van der Waals surface area (Å²) in [5.41, 5.74) is 0.620. The maximum absolute atomic E-state index is 12.8. The minimum absolute atomic E-state index is 0.172. The second-order valence-electron chi connectivity index (χ2n) is 6.92. The SMILES string of the molecule is CCCNC(=O)c1ccc(S(=O)(=O)ON2C(=O)c3cccc4cccc(c34)C2=O)cc1. The molecule has 3 aromatic carbocycles. The molecule has 8 nitrogen and oxygen atoms in total. The van der Waals surface area contributed by atoms with Gasteiger partial charge in [-0.15, -0.1) is 9.35 Å². The number of carbonyl (C=O) groups excluding carboxylic acids is 3. The summed E-state index contributed by atoms with van der Waals surface area (Å²) in [6.45, 7) is 2.41. The van der Waals surface area contributed by atoms with Crippen LogP contribution in [-0.2, 0) is 14.4 Å². The predicted molar refractivity (Wildman–Crippen MR) is 112 cm³/mol. The predicted octanol–water partition coefficient (Wildman–Crippen LogP) is 2.90. The lowest BCUT2D eigenvalue weighted by molar-refractivity contribution is -0.0155. The van der Waals surface area contributed by atoms with Crippen LogP contribution in [0.15, 0.2) is 65.6 Å². The highest BCUT2D eigenvalue weighted by Gasteiger charge is 2.37. The number of amides is 3. The van der Waals surface area contributed by atoms with Crippen LogP contribution in [0.2, 0.25) is 0 Å². The summed E-state index contributed by atoms with van der Waals surface area (Å²) in [7, 11) is -4.50. The molecule has 0 radical (unpaired) electrons. The molecule has 1 aliphatic rings. The van der Waals surface area contributed by atoms with Crippen molar-refractivity contribution in [3.8, 4) is 0 Å². The van der Waals surface area contributed by atoms with Gasteiger partial charge >= 0.3 is 10.1 Å². The Morgan fingerprint density at radius 2 is 1.52 bits per heavy atom. The maximum atomic E-state index is 12.8. The van der Waals surface area contributed by atoms with Crippen LogP contribution in [0.1, 0.15) is 44.4 Å². The van der Waals surface area contributed by atoms with E-state index in [1.54, 1.807) is 24.3 Å². The van der Waals surface area contributed by atoms with Gasteiger partial charge in [0.1, 0.15) is 0 Å². The van der Waals surface area contributed by atoms with Crippen molar-refractivity contribution >= 4 is 38.6 Å². The number of hydroxylamine groups is 2. The first-order valence-corrected chi connectivity index (χ1v) is 11.0. The van der Waals surface area contributed by atoms with Crippen LogP contribution in [0.5, 0.6) is 0 Å². The van der Waals surface area contributed by atoms with Crippen LogP contribution in [0.25, 0.3) is 10.8 Å². The Bertz CT molecular complexity index is 1260. The lowest BCUT2D eigenvalue weighted by atomic mass is 9.95. The van der Waals surface area contributed by atoms with Gasteiger partial charge in [0.25, 0.3) is 17.7 Å². The van der Waals surface area contributed by atoms with Crippen molar-refractivity contribution in [3.63, 3.8) is 0 Å². The Balaban J connectivity index is 1.62. The zero-order chi connectivity index (χ0) is 22.2. The first-order valence-electron chi connectivity index (χ1n) is 9.57. The standard InChI is InChI=1S/C22H18N2O6S/c1-2-13-23-20(25)15-9-11-16(12-10-15)31(28,29)30-24-21(26)17-7-3-5-14-6-4-8-18(19(14)17)22(24)27/h3-12H,2,13H2,1H3,(H,23,25). The molecule has 1 aliphatic heterocycles. The van der Waals surface area contributed by atoms with Gasteiger partial charge in [-0.25, -0.2) is 0 Å². The molecule has 0 aromatic heterocycles. The molecule has 31 heavy (non-hydrogen) atoms. The van der Waals surface area contributed by atoms with Crippen LogP contribution in [0.4, 0.5) is 0 Å². The number of hydrogen-bond donors (Lipinski definition) is 1. The molecule has 1 heterocycles. The zero-order valence-corrected chi connectivity index (χ0v) is 17.3. The van der Waals surface area contributed by atoms with E-state index >= 15 is 0 Å². The van der Waals surface area contributed by atoms with Crippen LogP contribution >= 0.6 is 0 Å². The fourth-order valence-corrected chi connectivity index (χ4v) is 4.22. The van der Waals surface area contributed by atoms with E-state index in [1.165, 1.54) is 36.4 Å². The van der Waals surface area contributed by atoms with Crippen LogP contribution in [0.3, 0.4) is 0 Å². The molecule has 0 bridgehead atoms. The number of imide groups is 1. The molecule has 0 aliphatic carbocycles. The molecule has 158 valence electrons. The van der Waals surface area contributed by atoms with Crippen LogP contribution in [-0.4, -0.2) is 37.7 Å². The molecule has 3 amide bonds. The quantitative estimate of drug-likeness (QED) is 0.593. The highest BCUT2D eigenvalue weighted by molar-refractivity contribution is 7.86. The number of carbonyl (C=O) groups is 3. The van der Waals surface area contributed by atoms with Crippen molar-refractivity contribution in [2.24, 2.45) is 0 Å². The molecule has 0 unspecified atom stereocenters. The second kappa shape index (κ2) is 7.93. The minimum Gasteiger partial charge on any atom is -0.352 e. The molecule has 0 atom stereocenters. The van der Waals surface area contributed by atoms with Crippen molar-refractivity contribution < 1.29 is 27.1 Å². The van der Waals surface area contributed by atoms with Gasteiger partial charge in [-0.2, -0.15) is 8.42 Å². The van der Waals surface area contributed by atoms with E-state index < -0.39 is 21.9 Å². The summed E-state index contributed by atoms with van der Waals surface area (Å²) in [4.78, 5) is 37.3. The fourth-order valence-electron chi connectivity index (χ4n) is 3.33. The Labute approximate surface area is 178 Å². The molecule has 0 saturated heterocycles. The fraction of sp³-hybridized carbons (Fsp3) is 0.136. The first-order chi connectivity index (χ1) is 14.8. The Morgan fingerprint density at radius 3 is 2.06 bits per heavy atom. The number of nitrogens with one attached hydrogen (secondary N) is 1. The average molecular weight is 438 g/mol. The summed E-state index contributed by atoms with van der Waals surface area (Å²) in [6.07, 6.45) is 0.765. The third-order valence-corrected chi connectivity index (χ3v) is 6.04. The molecule has 9 heteroatoms. The topological polar surface area (TPSA) is 110 Å². The maximum Gasteiger partial charge on any atom is 0.318 e. The first kappa shape index (κ1) is 20.7. The van der Waals surface area contributed by atoms with Gasteiger partial charge in [-0.3, -0.25) is 14.4 Å². The van der Waals surface area contributed by atoms with Crippen molar-refractivity contribution in [1.82, 2.24) is 10.4 Å². The average Bonchev–Trinajstić information content (AvgIpc) is 2.78. The molecule has 0 fully saturated rings. The number of benzene rings is 3. The second-order valence-corrected chi connectivity index (χ2v) is 8.45. The van der Waals surface area contributed by atoms with E-state index in [0.29, 0.717) is 17.3 Å². The van der Waals surface area contributed by atoms with Gasteiger partial charge in [0.15, 0.2) is 0 Å². The van der Waals surface area contributed by atoms with Gasteiger partial charge < -0.3 is 5.32 Å². The smallest absolute Gasteiger partial charge is 0.318 e. The van der Waals surface area contributed by atoms with E-state index in [9.17, 15) is 22.8 Å². The molecular formula is C22H18N2O6S. The summed E-state index contributed by atoms with van der Waals surface area (Å²) in [6, 6.07) is 14.8. The van der Waals surface area contributed by atoms with Crippen LogP contribution in [0, 0.1) is 0 Å². The summed E-state index contributed by atoms with van der Waals surface area (Å²) >= 11 is 0. The summed E-state index contributed by atoms with van der Waals surface area (Å²) in [5.74, 6) is -2.07. The highest BCUT2D eigenvalue weighted by atomic mass is 32.2. The van der Waals surface area contributed by atoms with E-state index in [2.05, 4.69) is 5.32 Å². The van der Waals surface area contributed by atoms with E-state index in [-0.39, 0.29) is 32.6 Å². The van der Waals surface area contributed by atoms with Crippen LogP contribution < -0.4 is 5.32 Å². The molecule has 0 saturated carbocycles. The van der Waals surface area contributed by atoms with Crippen molar-refractivity contribution in [1.29, 1.82) is 0 Å². The van der Waals surface area contributed by atoms with Crippen molar-refractivity contribution in [3.05, 3.63) is 77.4 Å². The van der Waals surface area contributed by atoms with Crippen molar-refractivity contribution in [2.45, 2.75) is 18.2 Å². The molecule has 3 aromatic rings. The van der Waals surface area contributed by atoms with Gasteiger partial charge in [-0.1, -0.05) is 31.2 Å².